The SMILES string of the molecule is CC[C@@H](c1nnnn1Cc1ccco1)N(Cc1cc2cc3c(cc2[nH]c1=O)OCO3)C[C@@H]1CCCO1. The summed E-state index contributed by atoms with van der Waals surface area (Å²) in [5.74, 6) is 2.82. The summed E-state index contributed by atoms with van der Waals surface area (Å²) in [7, 11) is 0. The number of hydrogen-bond donors (Lipinski definition) is 1. The third-order valence-electron chi connectivity index (χ3n) is 6.82. The lowest BCUT2D eigenvalue weighted by Gasteiger charge is -2.32. The molecule has 3 aromatic heterocycles. The van der Waals surface area contributed by atoms with Gasteiger partial charge in [-0.05, 0) is 54.0 Å². The Balaban J connectivity index is 1.34. The highest BCUT2D eigenvalue weighted by Crippen LogP contribution is 2.35. The normalized spacial score (nSPS) is 17.9. The monoisotopic (exact) mass is 492 g/mol. The lowest BCUT2D eigenvalue weighted by molar-refractivity contribution is 0.0488. The standard InChI is InChI=1S/C25H28N6O5/c1-2-21(24-27-28-29-31(24)14-19-6-4-8-34-19)30(13-18-5-3-7-33-18)12-17-9-16-10-22-23(36-15-35-22)11-20(16)26-25(17)32/h4,6,8-11,18,21H,2-3,5,7,12-15H2,1H3,(H,26,32)/t18-,21-/m0/s1. The van der Waals surface area contributed by atoms with Crippen molar-refractivity contribution in [2.45, 2.75) is 51.4 Å². The van der Waals surface area contributed by atoms with Crippen molar-refractivity contribution < 1.29 is 18.6 Å². The largest absolute Gasteiger partial charge is 0.467 e. The van der Waals surface area contributed by atoms with Gasteiger partial charge in [-0.2, -0.15) is 0 Å². The lowest BCUT2D eigenvalue weighted by atomic mass is 10.1. The minimum Gasteiger partial charge on any atom is -0.467 e. The van der Waals surface area contributed by atoms with E-state index in [4.69, 9.17) is 18.6 Å². The molecule has 6 rings (SSSR count). The van der Waals surface area contributed by atoms with Gasteiger partial charge in [0.05, 0.1) is 23.9 Å². The van der Waals surface area contributed by atoms with Crippen LogP contribution in [0.2, 0.25) is 0 Å². The molecule has 0 spiro atoms. The lowest BCUT2D eigenvalue weighted by Crippen LogP contribution is -2.37. The Morgan fingerprint density at radius 2 is 2.14 bits per heavy atom. The number of hydrogen-bond acceptors (Lipinski definition) is 9. The van der Waals surface area contributed by atoms with E-state index in [2.05, 4.69) is 32.3 Å². The molecule has 2 aliphatic rings. The van der Waals surface area contributed by atoms with Crippen LogP contribution < -0.4 is 15.0 Å². The second-order valence-electron chi connectivity index (χ2n) is 9.18. The maximum absolute atomic E-state index is 13.1. The average Bonchev–Trinajstić information content (AvgIpc) is 3.68. The van der Waals surface area contributed by atoms with E-state index in [-0.39, 0.29) is 24.5 Å². The second-order valence-corrected chi connectivity index (χ2v) is 9.18. The van der Waals surface area contributed by atoms with E-state index in [0.717, 1.165) is 42.8 Å². The highest BCUT2D eigenvalue weighted by atomic mass is 16.7. The quantitative estimate of drug-likeness (QED) is 0.376. The van der Waals surface area contributed by atoms with Crippen LogP contribution in [0.1, 0.15) is 49.4 Å². The first kappa shape index (κ1) is 22.7. The molecular formula is C25H28N6O5. The fraction of sp³-hybridized carbons (Fsp3) is 0.440. The fourth-order valence-corrected chi connectivity index (χ4v) is 5.05. The third-order valence-corrected chi connectivity index (χ3v) is 6.82. The van der Waals surface area contributed by atoms with Crippen molar-refractivity contribution in [3.05, 3.63) is 64.1 Å². The fourth-order valence-electron chi connectivity index (χ4n) is 5.05. The number of nitrogens with one attached hydrogen (secondary N) is 1. The molecule has 1 N–H and O–H groups in total. The first-order chi connectivity index (χ1) is 17.7. The number of ether oxygens (including phenoxy) is 3. The number of aromatic amines is 1. The van der Waals surface area contributed by atoms with Gasteiger partial charge in [-0.3, -0.25) is 9.69 Å². The number of aromatic nitrogens is 5. The number of nitrogens with zero attached hydrogens (tertiary/aromatic N) is 5. The molecule has 0 unspecified atom stereocenters. The summed E-state index contributed by atoms with van der Waals surface area (Å²) in [6.07, 6.45) is 4.52. The van der Waals surface area contributed by atoms with Crippen LogP contribution in [0.25, 0.3) is 10.9 Å². The van der Waals surface area contributed by atoms with Crippen molar-refractivity contribution >= 4 is 10.9 Å². The molecule has 5 heterocycles. The molecule has 11 heteroatoms. The Hall–Kier alpha value is -3.70. The maximum atomic E-state index is 13.1. The zero-order valence-electron chi connectivity index (χ0n) is 20.1. The van der Waals surface area contributed by atoms with Gasteiger partial charge in [-0.15, -0.1) is 5.10 Å². The Morgan fingerprint density at radius 3 is 2.92 bits per heavy atom. The van der Waals surface area contributed by atoms with Crippen LogP contribution in [-0.4, -0.2) is 56.1 Å². The van der Waals surface area contributed by atoms with E-state index in [1.54, 1.807) is 10.9 Å². The van der Waals surface area contributed by atoms with Gasteiger partial charge < -0.3 is 23.6 Å². The van der Waals surface area contributed by atoms with Crippen LogP contribution in [0, 0.1) is 0 Å². The summed E-state index contributed by atoms with van der Waals surface area (Å²) < 4.78 is 24.2. The first-order valence-corrected chi connectivity index (χ1v) is 12.3. The van der Waals surface area contributed by atoms with Gasteiger partial charge in [-0.1, -0.05) is 6.92 Å². The van der Waals surface area contributed by atoms with Gasteiger partial charge in [0, 0.05) is 36.7 Å². The van der Waals surface area contributed by atoms with Crippen LogP contribution >= 0.6 is 0 Å². The van der Waals surface area contributed by atoms with E-state index >= 15 is 0 Å². The molecule has 4 aromatic rings. The Bertz CT molecular complexity index is 1390. The molecule has 36 heavy (non-hydrogen) atoms. The molecule has 188 valence electrons. The molecule has 0 aliphatic carbocycles. The topological polar surface area (TPSA) is 121 Å². The van der Waals surface area contributed by atoms with Gasteiger partial charge >= 0.3 is 0 Å². The minimum absolute atomic E-state index is 0.0989. The number of rotatable bonds is 9. The average molecular weight is 493 g/mol. The smallest absolute Gasteiger partial charge is 0.252 e. The zero-order chi connectivity index (χ0) is 24.5. The minimum atomic E-state index is -0.135. The molecule has 1 saturated heterocycles. The number of benzene rings is 1. The van der Waals surface area contributed by atoms with Crippen LogP contribution in [0.4, 0.5) is 0 Å². The van der Waals surface area contributed by atoms with Crippen molar-refractivity contribution in [1.29, 1.82) is 0 Å². The molecule has 1 aromatic carbocycles. The molecule has 0 bridgehead atoms. The first-order valence-electron chi connectivity index (χ1n) is 12.3. The van der Waals surface area contributed by atoms with E-state index in [9.17, 15) is 4.79 Å². The number of pyridine rings is 1. The van der Waals surface area contributed by atoms with Crippen molar-refractivity contribution in [3.8, 4) is 11.5 Å². The number of H-pyrrole nitrogens is 1. The van der Waals surface area contributed by atoms with Crippen molar-refractivity contribution in [2.24, 2.45) is 0 Å². The van der Waals surface area contributed by atoms with Gasteiger partial charge in [0.15, 0.2) is 17.3 Å². The summed E-state index contributed by atoms with van der Waals surface area (Å²) >= 11 is 0. The van der Waals surface area contributed by atoms with Gasteiger partial charge in [0.1, 0.15) is 12.3 Å². The summed E-state index contributed by atoms with van der Waals surface area (Å²) in [5.41, 5.74) is 1.24. The highest BCUT2D eigenvalue weighted by molar-refractivity contribution is 5.83. The van der Waals surface area contributed by atoms with Crippen LogP contribution in [0.5, 0.6) is 11.5 Å². The Kier molecular flexibility index (Phi) is 6.16. The maximum Gasteiger partial charge on any atom is 0.252 e. The molecule has 2 atom stereocenters. The van der Waals surface area contributed by atoms with E-state index < -0.39 is 0 Å². The molecule has 0 amide bonds. The van der Waals surface area contributed by atoms with Crippen LogP contribution in [0.15, 0.2) is 45.8 Å². The molecule has 0 saturated carbocycles. The molecule has 0 radical (unpaired) electrons. The zero-order valence-corrected chi connectivity index (χ0v) is 20.1. The highest BCUT2D eigenvalue weighted by Gasteiger charge is 2.29. The van der Waals surface area contributed by atoms with Gasteiger partial charge in [-0.25, -0.2) is 4.68 Å². The summed E-state index contributed by atoms with van der Waals surface area (Å²) in [4.78, 5) is 18.4. The number of fused-ring (bicyclic) bond motifs is 2. The van der Waals surface area contributed by atoms with Crippen molar-refractivity contribution in [3.63, 3.8) is 0 Å². The van der Waals surface area contributed by atoms with E-state index in [1.807, 2.05) is 30.3 Å². The van der Waals surface area contributed by atoms with Gasteiger partial charge in [0.25, 0.3) is 5.56 Å². The number of tetrazole rings is 1. The number of furan rings is 1. The molecule has 2 aliphatic heterocycles. The predicted octanol–water partition coefficient (Wildman–Crippen LogP) is 3.02. The second kappa shape index (κ2) is 9.75. The van der Waals surface area contributed by atoms with Crippen LogP contribution in [-0.2, 0) is 17.8 Å². The van der Waals surface area contributed by atoms with E-state index in [1.165, 1.54) is 0 Å². The molecule has 1 fully saturated rings. The predicted molar refractivity (Wildman–Crippen MR) is 129 cm³/mol. The third kappa shape index (κ3) is 4.47. The Labute approximate surface area is 206 Å². The van der Waals surface area contributed by atoms with Crippen molar-refractivity contribution in [1.82, 2.24) is 30.1 Å². The van der Waals surface area contributed by atoms with Crippen molar-refractivity contribution in [2.75, 3.05) is 19.9 Å². The molecular weight excluding hydrogens is 464 g/mol. The van der Waals surface area contributed by atoms with Crippen LogP contribution in [0.3, 0.4) is 0 Å². The summed E-state index contributed by atoms with van der Waals surface area (Å²) in [5, 5.41) is 13.4. The van der Waals surface area contributed by atoms with E-state index in [0.29, 0.717) is 42.2 Å². The van der Waals surface area contributed by atoms with Gasteiger partial charge in [0.2, 0.25) is 6.79 Å². The summed E-state index contributed by atoms with van der Waals surface area (Å²) in [6.45, 7) is 4.57. The summed E-state index contributed by atoms with van der Waals surface area (Å²) in [6, 6.07) is 9.27. The Morgan fingerprint density at radius 1 is 1.25 bits per heavy atom. The molecule has 11 nitrogen and oxygen atoms in total.